The fourth-order valence-electron chi connectivity index (χ4n) is 3.56. The number of hydrogen-bond donors (Lipinski definition) is 1. The zero-order chi connectivity index (χ0) is 22.0. The van der Waals surface area contributed by atoms with Gasteiger partial charge in [-0.25, -0.2) is 4.98 Å². The van der Waals surface area contributed by atoms with Crippen LogP contribution in [0.5, 0.6) is 0 Å². The van der Waals surface area contributed by atoms with Gasteiger partial charge in [-0.3, -0.25) is 9.69 Å². The molecule has 2 heterocycles. The number of nitrogens with one attached hydrogen (secondary N) is 1. The fourth-order valence-corrected chi connectivity index (χ4v) is 3.56. The van der Waals surface area contributed by atoms with Gasteiger partial charge in [0, 0.05) is 23.7 Å². The number of aromatic nitrogens is 2. The number of carbonyl (C=O) groups is 1. The van der Waals surface area contributed by atoms with Gasteiger partial charge in [0.1, 0.15) is 5.69 Å². The zero-order valence-electron chi connectivity index (χ0n) is 17.1. The second-order valence-corrected chi connectivity index (χ2v) is 7.91. The molecule has 164 valence electrons. The normalized spacial score (nSPS) is 14.4. The van der Waals surface area contributed by atoms with Crippen LogP contribution in [0.3, 0.4) is 0 Å². The van der Waals surface area contributed by atoms with Crippen LogP contribution in [0.15, 0.2) is 40.9 Å². The Labute approximate surface area is 177 Å². The highest BCUT2D eigenvalue weighted by atomic mass is 19.4. The molecule has 0 unspecified atom stereocenters. The smallest absolute Gasteiger partial charge is 0.352 e. The molecule has 0 bridgehead atoms. The lowest BCUT2D eigenvalue weighted by molar-refractivity contribution is -0.143. The molecule has 0 radical (unpaired) electrons. The Morgan fingerprint density at radius 2 is 2.00 bits per heavy atom. The van der Waals surface area contributed by atoms with E-state index in [4.69, 9.17) is 4.52 Å². The molecule has 0 aliphatic heterocycles. The molecule has 0 atom stereocenters. The summed E-state index contributed by atoms with van der Waals surface area (Å²) in [5, 5.41) is 7.52. The number of benzene rings is 1. The Kier molecular flexibility index (Phi) is 5.95. The van der Waals surface area contributed by atoms with Crippen molar-refractivity contribution in [2.75, 3.05) is 26.7 Å². The van der Waals surface area contributed by atoms with Gasteiger partial charge >= 0.3 is 6.18 Å². The van der Waals surface area contributed by atoms with E-state index in [0.29, 0.717) is 34.7 Å². The van der Waals surface area contributed by atoms with Gasteiger partial charge in [0.25, 0.3) is 11.6 Å². The minimum Gasteiger partial charge on any atom is -0.352 e. The summed E-state index contributed by atoms with van der Waals surface area (Å²) in [6.45, 7) is -0.491. The maximum absolute atomic E-state index is 13.0. The van der Waals surface area contributed by atoms with Crippen LogP contribution in [0.2, 0.25) is 0 Å². The van der Waals surface area contributed by atoms with Crippen LogP contribution >= 0.6 is 0 Å². The highest BCUT2D eigenvalue weighted by Gasteiger charge is 2.30. The van der Waals surface area contributed by atoms with Gasteiger partial charge < -0.3 is 9.84 Å². The van der Waals surface area contributed by atoms with E-state index in [0.717, 1.165) is 24.1 Å². The van der Waals surface area contributed by atoms with Gasteiger partial charge in [0.05, 0.1) is 17.5 Å². The van der Waals surface area contributed by atoms with Crippen molar-refractivity contribution in [3.05, 3.63) is 47.7 Å². The molecule has 0 spiro atoms. The van der Waals surface area contributed by atoms with E-state index in [9.17, 15) is 18.0 Å². The van der Waals surface area contributed by atoms with E-state index >= 15 is 0 Å². The molecule has 0 saturated heterocycles. The molecular formula is C22H23F3N4O2. The first-order chi connectivity index (χ1) is 14.8. The van der Waals surface area contributed by atoms with Gasteiger partial charge in [-0.2, -0.15) is 13.2 Å². The second-order valence-electron chi connectivity index (χ2n) is 7.91. The van der Waals surface area contributed by atoms with Gasteiger partial charge in [-0.05, 0) is 38.9 Å². The summed E-state index contributed by atoms with van der Waals surface area (Å²) in [5.41, 5.74) is 2.90. The summed E-state index contributed by atoms with van der Waals surface area (Å²) in [5.74, 6) is 0.00500. The van der Waals surface area contributed by atoms with Crippen molar-refractivity contribution in [2.24, 2.45) is 0 Å². The third-order valence-electron chi connectivity index (χ3n) is 5.21. The van der Waals surface area contributed by atoms with Gasteiger partial charge in [0.2, 0.25) is 0 Å². The highest BCUT2D eigenvalue weighted by molar-refractivity contribution is 6.09. The summed E-state index contributed by atoms with van der Waals surface area (Å²) < 4.78 is 42.8. The van der Waals surface area contributed by atoms with E-state index in [1.807, 2.05) is 30.3 Å². The molecule has 2 aromatic heterocycles. The molecular weight excluding hydrogens is 409 g/mol. The molecule has 3 aromatic rings. The quantitative estimate of drug-likeness (QED) is 0.535. The van der Waals surface area contributed by atoms with Crippen molar-refractivity contribution in [1.29, 1.82) is 0 Å². The Morgan fingerprint density at radius 3 is 2.68 bits per heavy atom. The molecule has 4 rings (SSSR count). The number of fused-ring (bicyclic) bond motifs is 1. The maximum Gasteiger partial charge on any atom is 0.401 e. The van der Waals surface area contributed by atoms with Crippen LogP contribution in [0.25, 0.3) is 22.4 Å². The first-order valence-electron chi connectivity index (χ1n) is 10.2. The lowest BCUT2D eigenvalue weighted by Crippen LogP contribution is -2.33. The number of rotatable bonds is 8. The van der Waals surface area contributed by atoms with Crippen LogP contribution in [0.4, 0.5) is 13.2 Å². The molecule has 1 amide bonds. The molecule has 31 heavy (non-hydrogen) atoms. The number of hydrogen-bond acceptors (Lipinski definition) is 5. The average molecular weight is 432 g/mol. The molecule has 1 aromatic carbocycles. The minimum absolute atomic E-state index is 0.224. The number of pyridine rings is 1. The lowest BCUT2D eigenvalue weighted by atomic mass is 10.0. The topological polar surface area (TPSA) is 71.3 Å². The van der Waals surface area contributed by atoms with E-state index in [-0.39, 0.29) is 19.0 Å². The molecule has 1 N–H and O–H groups in total. The summed E-state index contributed by atoms with van der Waals surface area (Å²) >= 11 is 0. The van der Waals surface area contributed by atoms with E-state index in [2.05, 4.69) is 15.5 Å². The predicted octanol–water partition coefficient (Wildman–Crippen LogP) is 4.38. The molecule has 1 saturated carbocycles. The number of carbonyl (C=O) groups excluding carboxylic acids is 1. The Hall–Kier alpha value is -2.94. The molecule has 1 aliphatic rings. The van der Waals surface area contributed by atoms with E-state index in [1.54, 1.807) is 6.07 Å². The van der Waals surface area contributed by atoms with Crippen molar-refractivity contribution in [3.8, 4) is 11.3 Å². The minimum atomic E-state index is -4.23. The fraction of sp³-hybridized carbons (Fsp3) is 0.409. The van der Waals surface area contributed by atoms with Gasteiger partial charge in [0.15, 0.2) is 0 Å². The third kappa shape index (κ3) is 5.22. The zero-order valence-corrected chi connectivity index (χ0v) is 17.1. The number of nitrogens with zero attached hydrogens (tertiary/aromatic N) is 3. The van der Waals surface area contributed by atoms with E-state index < -0.39 is 12.7 Å². The predicted molar refractivity (Wildman–Crippen MR) is 110 cm³/mol. The summed E-state index contributed by atoms with van der Waals surface area (Å²) in [6, 6.07) is 11.2. The molecule has 6 nitrogen and oxygen atoms in total. The van der Waals surface area contributed by atoms with Crippen molar-refractivity contribution >= 4 is 17.0 Å². The van der Waals surface area contributed by atoms with Crippen LogP contribution in [-0.2, 0) is 0 Å². The van der Waals surface area contributed by atoms with Gasteiger partial charge in [-0.15, -0.1) is 0 Å². The second kappa shape index (κ2) is 8.66. The highest BCUT2D eigenvalue weighted by Crippen LogP contribution is 2.41. The number of amides is 1. The maximum atomic E-state index is 13.0. The SMILES string of the molecule is CN(CCCNC(=O)c1cc(C2CC2)nc2onc(-c3ccccc3)c12)CC(F)(F)F. The van der Waals surface area contributed by atoms with Crippen LogP contribution in [0.1, 0.15) is 41.2 Å². The van der Waals surface area contributed by atoms with Crippen molar-refractivity contribution in [2.45, 2.75) is 31.4 Å². The Bertz CT molecular complexity index is 1060. The summed E-state index contributed by atoms with van der Waals surface area (Å²) in [6.07, 6.45) is -1.80. The number of alkyl halides is 3. The Balaban J connectivity index is 1.53. The van der Waals surface area contributed by atoms with Gasteiger partial charge in [-0.1, -0.05) is 35.5 Å². The monoisotopic (exact) mass is 432 g/mol. The van der Waals surface area contributed by atoms with E-state index in [1.165, 1.54) is 11.9 Å². The van der Waals surface area contributed by atoms with Crippen molar-refractivity contribution < 1.29 is 22.5 Å². The van der Waals surface area contributed by atoms with Crippen molar-refractivity contribution in [1.82, 2.24) is 20.4 Å². The Morgan fingerprint density at radius 1 is 1.26 bits per heavy atom. The molecule has 1 fully saturated rings. The summed E-state index contributed by atoms with van der Waals surface area (Å²) in [4.78, 5) is 18.8. The largest absolute Gasteiger partial charge is 0.401 e. The summed E-state index contributed by atoms with van der Waals surface area (Å²) in [7, 11) is 1.41. The standard InChI is InChI=1S/C22H23F3N4O2/c1-29(13-22(23,24)25)11-5-10-26-20(30)16-12-17(14-8-9-14)27-21-18(16)19(28-31-21)15-6-3-2-4-7-15/h2-4,6-7,12,14H,5,8-11,13H2,1H3,(H,26,30). The first kappa shape index (κ1) is 21.3. The average Bonchev–Trinajstić information content (AvgIpc) is 3.49. The third-order valence-corrected chi connectivity index (χ3v) is 5.21. The van der Waals surface area contributed by atoms with Crippen LogP contribution < -0.4 is 5.32 Å². The molecule has 1 aliphatic carbocycles. The van der Waals surface area contributed by atoms with Crippen molar-refractivity contribution in [3.63, 3.8) is 0 Å². The molecule has 9 heteroatoms. The lowest BCUT2D eigenvalue weighted by Gasteiger charge is -2.18. The number of halogens is 3. The van der Waals surface area contributed by atoms with Crippen LogP contribution in [-0.4, -0.2) is 53.8 Å². The first-order valence-corrected chi connectivity index (χ1v) is 10.2. The van der Waals surface area contributed by atoms with Crippen LogP contribution in [0, 0.1) is 0 Å².